The van der Waals surface area contributed by atoms with Crippen LogP contribution in [-0.2, 0) is 23.1 Å². The van der Waals surface area contributed by atoms with Gasteiger partial charge in [0, 0.05) is 17.5 Å². The molecular weight excluding hydrogens is 306 g/mol. The lowest BCUT2D eigenvalue weighted by atomic mass is 10.0. The van der Waals surface area contributed by atoms with Crippen LogP contribution in [0, 0.1) is 0 Å². The fraction of sp³-hybridized carbons (Fsp3) is 0.333. The maximum atomic E-state index is 12.8. The first-order valence-corrected chi connectivity index (χ1v) is 9.14. The van der Waals surface area contributed by atoms with Gasteiger partial charge in [-0.25, -0.2) is 8.42 Å². The highest BCUT2D eigenvalue weighted by molar-refractivity contribution is 7.89. The zero-order chi connectivity index (χ0) is 15.0. The summed E-state index contributed by atoms with van der Waals surface area (Å²) < 4.78 is 27.2. The summed E-state index contributed by atoms with van der Waals surface area (Å²) >= 11 is 1.69. The van der Waals surface area contributed by atoms with Crippen LogP contribution in [0.5, 0.6) is 0 Å². The lowest BCUT2D eigenvalue weighted by Crippen LogP contribution is -2.38. The summed E-state index contributed by atoms with van der Waals surface area (Å²) in [5.41, 5.74) is 1.82. The topological polar surface area (TPSA) is 57.6 Å². The van der Waals surface area contributed by atoms with E-state index in [1.54, 1.807) is 39.9 Å². The van der Waals surface area contributed by atoms with E-state index < -0.39 is 10.0 Å². The van der Waals surface area contributed by atoms with Crippen molar-refractivity contribution in [2.45, 2.75) is 30.9 Å². The van der Waals surface area contributed by atoms with Gasteiger partial charge in [-0.3, -0.25) is 0 Å². The van der Waals surface area contributed by atoms with Crippen molar-refractivity contribution in [2.75, 3.05) is 6.54 Å². The van der Waals surface area contributed by atoms with Crippen LogP contribution in [0.3, 0.4) is 0 Å². The summed E-state index contributed by atoms with van der Waals surface area (Å²) in [7, 11) is -3.50. The average Bonchev–Trinajstić information content (AvgIpc) is 2.97. The number of aliphatic hydroxyl groups excluding tert-OH is 1. The molecule has 1 aromatic carbocycles. The summed E-state index contributed by atoms with van der Waals surface area (Å²) in [6.45, 7) is 2.36. The molecule has 0 amide bonds. The van der Waals surface area contributed by atoms with Crippen molar-refractivity contribution in [1.82, 2.24) is 4.31 Å². The number of hydrogen-bond donors (Lipinski definition) is 1. The Morgan fingerprint density at radius 1 is 1.29 bits per heavy atom. The van der Waals surface area contributed by atoms with E-state index in [2.05, 4.69) is 0 Å². The van der Waals surface area contributed by atoms with Crippen LogP contribution in [-0.4, -0.2) is 24.4 Å². The number of rotatable bonds is 3. The molecule has 0 bridgehead atoms. The smallest absolute Gasteiger partial charge is 0.243 e. The SMILES string of the molecule is CC1c2ccsc2CCN1S(=O)(=O)c1ccc(CO)cc1. The van der Waals surface area contributed by atoms with E-state index in [-0.39, 0.29) is 17.5 Å². The molecule has 0 aliphatic carbocycles. The van der Waals surface area contributed by atoms with Gasteiger partial charge in [0.25, 0.3) is 0 Å². The lowest BCUT2D eigenvalue weighted by Gasteiger charge is -2.32. The number of benzene rings is 1. The summed E-state index contributed by atoms with van der Waals surface area (Å²) in [6.07, 6.45) is 0.769. The van der Waals surface area contributed by atoms with Gasteiger partial charge in [0.1, 0.15) is 0 Å². The van der Waals surface area contributed by atoms with E-state index in [1.807, 2.05) is 18.4 Å². The number of aliphatic hydroxyl groups is 1. The predicted molar refractivity (Wildman–Crippen MR) is 82.7 cm³/mol. The molecule has 2 heterocycles. The largest absolute Gasteiger partial charge is 0.392 e. The lowest BCUT2D eigenvalue weighted by molar-refractivity contribution is 0.281. The molecule has 4 nitrogen and oxygen atoms in total. The first-order valence-electron chi connectivity index (χ1n) is 6.82. The molecule has 1 aliphatic heterocycles. The van der Waals surface area contributed by atoms with E-state index >= 15 is 0 Å². The van der Waals surface area contributed by atoms with Gasteiger partial charge >= 0.3 is 0 Å². The highest BCUT2D eigenvalue weighted by Crippen LogP contribution is 2.36. The van der Waals surface area contributed by atoms with Crippen LogP contribution in [0.1, 0.15) is 29.0 Å². The van der Waals surface area contributed by atoms with Crippen LogP contribution in [0.4, 0.5) is 0 Å². The molecule has 1 aliphatic rings. The van der Waals surface area contributed by atoms with E-state index in [4.69, 9.17) is 5.11 Å². The Morgan fingerprint density at radius 3 is 2.67 bits per heavy atom. The summed E-state index contributed by atoms with van der Waals surface area (Å²) in [5.74, 6) is 0. The molecule has 2 aromatic rings. The first-order chi connectivity index (χ1) is 10.0. The van der Waals surface area contributed by atoms with E-state index in [9.17, 15) is 8.42 Å². The number of hydrogen-bond acceptors (Lipinski definition) is 4. The van der Waals surface area contributed by atoms with Gasteiger partial charge in [0.05, 0.1) is 11.5 Å². The molecule has 0 saturated heterocycles. The fourth-order valence-corrected chi connectivity index (χ4v) is 5.29. The van der Waals surface area contributed by atoms with Crippen LogP contribution >= 0.6 is 11.3 Å². The summed E-state index contributed by atoms with van der Waals surface area (Å²) in [4.78, 5) is 1.56. The molecule has 0 saturated carbocycles. The van der Waals surface area contributed by atoms with Crippen molar-refractivity contribution in [3.8, 4) is 0 Å². The highest BCUT2D eigenvalue weighted by Gasteiger charge is 2.34. The molecule has 6 heteroatoms. The Bertz CT molecular complexity index is 735. The average molecular weight is 323 g/mol. The third kappa shape index (κ3) is 2.53. The van der Waals surface area contributed by atoms with Crippen molar-refractivity contribution in [3.63, 3.8) is 0 Å². The molecule has 112 valence electrons. The molecule has 0 radical (unpaired) electrons. The second-order valence-corrected chi connectivity index (χ2v) is 8.03. The van der Waals surface area contributed by atoms with Gasteiger partial charge in [-0.1, -0.05) is 12.1 Å². The monoisotopic (exact) mass is 323 g/mol. The number of thiophene rings is 1. The van der Waals surface area contributed by atoms with Crippen LogP contribution in [0.15, 0.2) is 40.6 Å². The minimum atomic E-state index is -3.50. The molecule has 1 atom stereocenters. The third-order valence-electron chi connectivity index (χ3n) is 3.93. The Hall–Kier alpha value is -1.21. The Kier molecular flexibility index (Phi) is 3.88. The third-order valence-corrected chi connectivity index (χ3v) is 6.91. The number of fused-ring (bicyclic) bond motifs is 1. The van der Waals surface area contributed by atoms with E-state index in [1.165, 1.54) is 4.88 Å². The van der Waals surface area contributed by atoms with Gasteiger partial charge in [-0.05, 0) is 48.1 Å². The van der Waals surface area contributed by atoms with Crippen molar-refractivity contribution in [2.24, 2.45) is 0 Å². The fourth-order valence-electron chi connectivity index (χ4n) is 2.72. The standard InChI is InChI=1S/C15H17NO3S2/c1-11-14-7-9-20-15(14)6-8-16(11)21(18,19)13-4-2-12(10-17)3-5-13/h2-5,7,9,11,17H,6,8,10H2,1H3. The van der Waals surface area contributed by atoms with Gasteiger partial charge < -0.3 is 5.11 Å². The molecular formula is C15H17NO3S2. The second kappa shape index (κ2) is 5.53. The zero-order valence-electron chi connectivity index (χ0n) is 11.7. The predicted octanol–water partition coefficient (Wildman–Crippen LogP) is 2.55. The van der Waals surface area contributed by atoms with Gasteiger partial charge in [-0.15, -0.1) is 11.3 Å². The summed E-state index contributed by atoms with van der Waals surface area (Å²) in [5, 5.41) is 11.1. The van der Waals surface area contributed by atoms with E-state index in [0.717, 1.165) is 12.0 Å². The second-order valence-electron chi connectivity index (χ2n) is 5.14. The Balaban J connectivity index is 1.95. The van der Waals surface area contributed by atoms with Gasteiger partial charge in [-0.2, -0.15) is 4.31 Å². The maximum absolute atomic E-state index is 12.8. The highest BCUT2D eigenvalue weighted by atomic mass is 32.2. The molecule has 3 rings (SSSR count). The van der Waals surface area contributed by atoms with Gasteiger partial charge in [0.15, 0.2) is 0 Å². The molecule has 1 unspecified atom stereocenters. The van der Waals surface area contributed by atoms with Crippen LogP contribution in [0.25, 0.3) is 0 Å². The molecule has 1 aromatic heterocycles. The van der Waals surface area contributed by atoms with Gasteiger partial charge in [0.2, 0.25) is 10.0 Å². The molecule has 1 N–H and O–H groups in total. The summed E-state index contributed by atoms with van der Waals surface area (Å²) in [6, 6.07) is 8.31. The minimum Gasteiger partial charge on any atom is -0.392 e. The first kappa shape index (κ1) is 14.7. The Labute approximate surface area is 128 Å². The number of sulfonamides is 1. The van der Waals surface area contributed by atoms with Crippen LogP contribution in [0.2, 0.25) is 0 Å². The van der Waals surface area contributed by atoms with E-state index in [0.29, 0.717) is 12.1 Å². The Morgan fingerprint density at radius 2 is 2.00 bits per heavy atom. The maximum Gasteiger partial charge on any atom is 0.243 e. The molecule has 21 heavy (non-hydrogen) atoms. The molecule has 0 spiro atoms. The van der Waals surface area contributed by atoms with Crippen molar-refractivity contribution in [3.05, 3.63) is 51.7 Å². The van der Waals surface area contributed by atoms with Crippen LogP contribution < -0.4 is 0 Å². The zero-order valence-corrected chi connectivity index (χ0v) is 13.3. The molecule has 0 fully saturated rings. The van der Waals surface area contributed by atoms with Crippen molar-refractivity contribution < 1.29 is 13.5 Å². The van der Waals surface area contributed by atoms with Crippen molar-refractivity contribution in [1.29, 1.82) is 0 Å². The number of nitrogens with zero attached hydrogens (tertiary/aromatic N) is 1. The van der Waals surface area contributed by atoms with Crippen molar-refractivity contribution >= 4 is 21.4 Å². The quantitative estimate of drug-likeness (QED) is 0.944. The minimum absolute atomic E-state index is 0.0846. The normalized spacial score (nSPS) is 19.4.